The molecule has 4 heteroatoms. The van der Waals surface area contributed by atoms with Gasteiger partial charge in [-0.1, -0.05) is 6.92 Å². The number of morpholine rings is 1. The molecule has 0 aromatic rings. The lowest BCUT2D eigenvalue weighted by atomic mass is 9.87. The van der Waals surface area contributed by atoms with Crippen LogP contribution in [-0.2, 0) is 4.74 Å². The van der Waals surface area contributed by atoms with Crippen molar-refractivity contribution < 1.29 is 4.74 Å². The molecule has 0 aliphatic carbocycles. The van der Waals surface area contributed by atoms with E-state index in [0.717, 1.165) is 32.2 Å². The highest BCUT2D eigenvalue weighted by atomic mass is 16.5. The fourth-order valence-corrected chi connectivity index (χ4v) is 4.14. The van der Waals surface area contributed by atoms with Crippen LogP contribution >= 0.6 is 0 Å². The van der Waals surface area contributed by atoms with E-state index < -0.39 is 0 Å². The lowest BCUT2D eigenvalue weighted by Crippen LogP contribution is -2.47. The molecule has 0 bridgehead atoms. The molecule has 3 aliphatic heterocycles. The van der Waals surface area contributed by atoms with Crippen molar-refractivity contribution in [3.63, 3.8) is 0 Å². The van der Waals surface area contributed by atoms with Gasteiger partial charge in [0.05, 0.1) is 13.2 Å². The summed E-state index contributed by atoms with van der Waals surface area (Å²) < 4.78 is 5.45. The zero-order chi connectivity index (χ0) is 13.8. The first-order valence-corrected chi connectivity index (χ1v) is 8.47. The molecule has 3 rings (SSSR count). The first-order chi connectivity index (χ1) is 9.73. The van der Waals surface area contributed by atoms with Gasteiger partial charge in [-0.05, 0) is 43.7 Å². The van der Waals surface area contributed by atoms with E-state index in [1.165, 1.54) is 58.5 Å². The molecule has 4 nitrogen and oxygen atoms in total. The molecular formula is C16H31N3O. The predicted octanol–water partition coefficient (Wildman–Crippen LogP) is 1.03. The Morgan fingerprint density at radius 1 is 1.20 bits per heavy atom. The molecule has 0 saturated carbocycles. The standard InChI is InChI=1S/C16H31N3O/c1-16(4-5-17-13-16)14-19-6-2-3-15(12-19)11-18-7-9-20-10-8-18/h15,17H,2-14H2,1H3/t15-,16?/m0/s1. The summed E-state index contributed by atoms with van der Waals surface area (Å²) in [6.07, 6.45) is 4.15. The molecule has 3 aliphatic rings. The average Bonchev–Trinajstić information content (AvgIpc) is 2.87. The molecular weight excluding hydrogens is 250 g/mol. The van der Waals surface area contributed by atoms with Crippen molar-refractivity contribution in [2.75, 3.05) is 65.6 Å². The Kier molecular flexibility index (Phi) is 4.97. The number of rotatable bonds is 4. The molecule has 0 radical (unpaired) electrons. The number of hydrogen-bond acceptors (Lipinski definition) is 4. The molecule has 0 aromatic carbocycles. The van der Waals surface area contributed by atoms with E-state index in [1.807, 2.05) is 0 Å². The van der Waals surface area contributed by atoms with Gasteiger partial charge in [0.25, 0.3) is 0 Å². The minimum Gasteiger partial charge on any atom is -0.379 e. The normalized spacial score (nSPS) is 37.4. The van der Waals surface area contributed by atoms with E-state index in [0.29, 0.717) is 5.41 Å². The minimum atomic E-state index is 0.515. The summed E-state index contributed by atoms with van der Waals surface area (Å²) in [5.41, 5.74) is 0.515. The highest BCUT2D eigenvalue weighted by Crippen LogP contribution is 2.28. The van der Waals surface area contributed by atoms with Crippen LogP contribution in [0.15, 0.2) is 0 Å². The minimum absolute atomic E-state index is 0.515. The number of hydrogen-bond donors (Lipinski definition) is 1. The van der Waals surface area contributed by atoms with Crippen molar-refractivity contribution in [3.8, 4) is 0 Å². The zero-order valence-electron chi connectivity index (χ0n) is 13.1. The Labute approximate surface area is 123 Å². The third-order valence-electron chi connectivity index (χ3n) is 5.29. The molecule has 0 spiro atoms. The summed E-state index contributed by atoms with van der Waals surface area (Å²) >= 11 is 0. The van der Waals surface area contributed by atoms with Crippen LogP contribution in [0.2, 0.25) is 0 Å². The highest BCUT2D eigenvalue weighted by molar-refractivity contribution is 4.88. The van der Waals surface area contributed by atoms with Crippen molar-refractivity contribution in [1.29, 1.82) is 0 Å². The zero-order valence-corrected chi connectivity index (χ0v) is 13.1. The molecule has 1 N–H and O–H groups in total. The van der Waals surface area contributed by atoms with Crippen molar-refractivity contribution in [3.05, 3.63) is 0 Å². The van der Waals surface area contributed by atoms with Crippen LogP contribution in [0, 0.1) is 11.3 Å². The molecule has 0 aromatic heterocycles. The summed E-state index contributed by atoms with van der Waals surface area (Å²) in [5, 5.41) is 3.53. The average molecular weight is 281 g/mol. The van der Waals surface area contributed by atoms with Gasteiger partial charge in [-0.15, -0.1) is 0 Å². The number of nitrogens with one attached hydrogen (secondary N) is 1. The van der Waals surface area contributed by atoms with Crippen LogP contribution in [0.4, 0.5) is 0 Å². The quantitative estimate of drug-likeness (QED) is 0.833. The van der Waals surface area contributed by atoms with Crippen LogP contribution in [-0.4, -0.2) is 75.4 Å². The molecule has 2 atom stereocenters. The van der Waals surface area contributed by atoms with Gasteiger partial charge in [0.1, 0.15) is 0 Å². The van der Waals surface area contributed by atoms with Gasteiger partial charge in [-0.3, -0.25) is 4.90 Å². The van der Waals surface area contributed by atoms with E-state index >= 15 is 0 Å². The monoisotopic (exact) mass is 281 g/mol. The smallest absolute Gasteiger partial charge is 0.0594 e. The Morgan fingerprint density at radius 2 is 2.05 bits per heavy atom. The first kappa shape index (κ1) is 14.8. The summed E-state index contributed by atoms with van der Waals surface area (Å²) in [6, 6.07) is 0. The Morgan fingerprint density at radius 3 is 2.80 bits per heavy atom. The second kappa shape index (κ2) is 6.73. The molecule has 3 saturated heterocycles. The van der Waals surface area contributed by atoms with Gasteiger partial charge in [0.15, 0.2) is 0 Å². The van der Waals surface area contributed by atoms with E-state index in [2.05, 4.69) is 22.0 Å². The lowest BCUT2D eigenvalue weighted by molar-refractivity contribution is 0.0203. The van der Waals surface area contributed by atoms with Crippen molar-refractivity contribution in [2.24, 2.45) is 11.3 Å². The first-order valence-electron chi connectivity index (χ1n) is 8.47. The summed E-state index contributed by atoms with van der Waals surface area (Å²) in [7, 11) is 0. The lowest BCUT2D eigenvalue weighted by Gasteiger charge is -2.39. The molecule has 116 valence electrons. The number of likely N-dealkylation sites (tertiary alicyclic amines) is 1. The maximum atomic E-state index is 5.45. The highest BCUT2D eigenvalue weighted by Gasteiger charge is 2.32. The van der Waals surface area contributed by atoms with Gasteiger partial charge >= 0.3 is 0 Å². The van der Waals surface area contributed by atoms with Crippen molar-refractivity contribution in [2.45, 2.75) is 26.2 Å². The largest absolute Gasteiger partial charge is 0.379 e. The Hall–Kier alpha value is -0.160. The van der Waals surface area contributed by atoms with Crippen LogP contribution in [0.5, 0.6) is 0 Å². The fraction of sp³-hybridized carbons (Fsp3) is 1.00. The van der Waals surface area contributed by atoms with Crippen molar-refractivity contribution >= 4 is 0 Å². The van der Waals surface area contributed by atoms with Crippen LogP contribution in [0.3, 0.4) is 0 Å². The molecule has 20 heavy (non-hydrogen) atoms. The third-order valence-corrected chi connectivity index (χ3v) is 5.29. The maximum Gasteiger partial charge on any atom is 0.0594 e. The Bertz CT molecular complexity index is 298. The van der Waals surface area contributed by atoms with Crippen LogP contribution in [0.25, 0.3) is 0 Å². The maximum absolute atomic E-state index is 5.45. The van der Waals surface area contributed by atoms with E-state index in [1.54, 1.807) is 0 Å². The fourth-order valence-electron chi connectivity index (χ4n) is 4.14. The number of nitrogens with zero attached hydrogens (tertiary/aromatic N) is 2. The number of ether oxygens (including phenoxy) is 1. The van der Waals surface area contributed by atoms with E-state index in [9.17, 15) is 0 Å². The summed E-state index contributed by atoms with van der Waals surface area (Å²) in [5.74, 6) is 0.875. The molecule has 3 fully saturated rings. The van der Waals surface area contributed by atoms with Gasteiger partial charge in [0.2, 0.25) is 0 Å². The second-order valence-electron chi connectivity index (χ2n) is 7.39. The van der Waals surface area contributed by atoms with Gasteiger partial charge in [-0.2, -0.15) is 0 Å². The SMILES string of the molecule is CC1(CN2CCC[C@@H](CN3CCOCC3)C2)CCNC1. The van der Waals surface area contributed by atoms with Gasteiger partial charge in [-0.25, -0.2) is 0 Å². The van der Waals surface area contributed by atoms with Crippen LogP contribution < -0.4 is 5.32 Å². The summed E-state index contributed by atoms with van der Waals surface area (Å²) in [4.78, 5) is 5.35. The third kappa shape index (κ3) is 3.94. The molecule has 3 heterocycles. The molecule has 0 amide bonds. The predicted molar refractivity (Wildman–Crippen MR) is 82.0 cm³/mol. The Balaban J connectivity index is 1.46. The van der Waals surface area contributed by atoms with E-state index in [-0.39, 0.29) is 0 Å². The topological polar surface area (TPSA) is 27.7 Å². The summed E-state index contributed by atoms with van der Waals surface area (Å²) in [6.45, 7) is 14.2. The second-order valence-corrected chi connectivity index (χ2v) is 7.39. The number of piperidine rings is 1. The van der Waals surface area contributed by atoms with Gasteiger partial charge in [0, 0.05) is 39.3 Å². The molecule has 1 unspecified atom stereocenters. The van der Waals surface area contributed by atoms with E-state index in [4.69, 9.17) is 4.74 Å². The van der Waals surface area contributed by atoms with Gasteiger partial charge < -0.3 is 15.0 Å². The van der Waals surface area contributed by atoms with Crippen LogP contribution in [0.1, 0.15) is 26.2 Å². The van der Waals surface area contributed by atoms with Crippen molar-refractivity contribution in [1.82, 2.24) is 15.1 Å².